The summed E-state index contributed by atoms with van der Waals surface area (Å²) in [6, 6.07) is 7.55. The van der Waals surface area contributed by atoms with Crippen molar-refractivity contribution in [2.45, 2.75) is 25.7 Å². The number of nitrogens with zero attached hydrogens (tertiary/aromatic N) is 1. The predicted molar refractivity (Wildman–Crippen MR) is 86.5 cm³/mol. The van der Waals surface area contributed by atoms with Crippen molar-refractivity contribution < 1.29 is 9.21 Å². The van der Waals surface area contributed by atoms with Gasteiger partial charge in [0.25, 0.3) is 0 Å². The van der Waals surface area contributed by atoms with Crippen molar-refractivity contribution in [1.29, 1.82) is 0 Å². The lowest BCUT2D eigenvalue weighted by atomic mass is 10.1. The van der Waals surface area contributed by atoms with Crippen LogP contribution >= 0.6 is 0 Å². The first kappa shape index (κ1) is 14.3. The van der Waals surface area contributed by atoms with Gasteiger partial charge >= 0.3 is 0 Å². The van der Waals surface area contributed by atoms with Crippen LogP contribution in [-0.2, 0) is 4.79 Å². The third-order valence-electron chi connectivity index (χ3n) is 3.44. The standard InChI is InChI=1S/C18H18N2O2/c1-2-3-4-5-17(21)20-15-10-8-13(9-11-15)16-12-19-18(22-16)14-6-7-14/h2-5,8-12,14H,6-7H2,1H3,(H,20,21). The molecule has 22 heavy (non-hydrogen) atoms. The minimum atomic E-state index is -0.151. The van der Waals surface area contributed by atoms with E-state index in [1.54, 1.807) is 12.3 Å². The summed E-state index contributed by atoms with van der Waals surface area (Å²) in [6.07, 6.45) is 11.0. The first-order valence-electron chi connectivity index (χ1n) is 7.43. The first-order chi connectivity index (χ1) is 10.8. The minimum absolute atomic E-state index is 0.151. The van der Waals surface area contributed by atoms with Gasteiger partial charge in [-0.1, -0.05) is 18.2 Å². The smallest absolute Gasteiger partial charge is 0.248 e. The van der Waals surface area contributed by atoms with E-state index in [0.29, 0.717) is 5.92 Å². The molecule has 1 aliphatic rings. The van der Waals surface area contributed by atoms with Gasteiger partial charge in [-0.15, -0.1) is 0 Å². The summed E-state index contributed by atoms with van der Waals surface area (Å²) < 4.78 is 5.76. The zero-order chi connectivity index (χ0) is 15.4. The molecule has 0 aliphatic heterocycles. The van der Waals surface area contributed by atoms with E-state index in [9.17, 15) is 4.79 Å². The molecular formula is C18H18N2O2. The summed E-state index contributed by atoms with van der Waals surface area (Å²) in [6.45, 7) is 1.90. The number of aromatic nitrogens is 1. The summed E-state index contributed by atoms with van der Waals surface area (Å²) in [7, 11) is 0. The molecule has 0 spiro atoms. The SMILES string of the molecule is CC=CC=CC(=O)Nc1ccc(-c2cnc(C3CC3)o2)cc1. The van der Waals surface area contributed by atoms with Crippen LogP contribution in [0.3, 0.4) is 0 Å². The maximum absolute atomic E-state index is 11.7. The topological polar surface area (TPSA) is 55.1 Å². The van der Waals surface area contributed by atoms with Crippen LogP contribution < -0.4 is 5.32 Å². The molecule has 1 amide bonds. The van der Waals surface area contributed by atoms with E-state index in [4.69, 9.17) is 4.42 Å². The number of amides is 1. The van der Waals surface area contributed by atoms with Crippen molar-refractivity contribution in [3.05, 3.63) is 60.7 Å². The van der Waals surface area contributed by atoms with Gasteiger partial charge in [0.1, 0.15) is 0 Å². The number of rotatable bonds is 5. The van der Waals surface area contributed by atoms with Crippen LogP contribution in [0.5, 0.6) is 0 Å². The van der Waals surface area contributed by atoms with Crippen LogP contribution in [0.25, 0.3) is 11.3 Å². The van der Waals surface area contributed by atoms with Gasteiger partial charge < -0.3 is 9.73 Å². The molecule has 3 rings (SSSR count). The van der Waals surface area contributed by atoms with E-state index in [1.165, 1.54) is 18.9 Å². The minimum Gasteiger partial charge on any atom is -0.440 e. The Balaban J connectivity index is 1.65. The molecule has 1 saturated carbocycles. The van der Waals surface area contributed by atoms with Crippen molar-refractivity contribution in [3.8, 4) is 11.3 Å². The van der Waals surface area contributed by atoms with Crippen LogP contribution in [0.1, 0.15) is 31.6 Å². The van der Waals surface area contributed by atoms with Crippen molar-refractivity contribution in [2.24, 2.45) is 0 Å². The number of nitrogens with one attached hydrogen (secondary N) is 1. The number of anilines is 1. The van der Waals surface area contributed by atoms with Crippen molar-refractivity contribution in [3.63, 3.8) is 0 Å². The van der Waals surface area contributed by atoms with Crippen molar-refractivity contribution in [1.82, 2.24) is 4.98 Å². The summed E-state index contributed by atoms with van der Waals surface area (Å²) in [5.41, 5.74) is 1.71. The van der Waals surface area contributed by atoms with Crippen LogP contribution in [0.2, 0.25) is 0 Å². The third kappa shape index (κ3) is 3.52. The molecule has 0 unspecified atom stereocenters. The molecule has 112 valence electrons. The lowest BCUT2D eigenvalue weighted by Gasteiger charge is -2.03. The molecule has 0 bridgehead atoms. The quantitative estimate of drug-likeness (QED) is 0.661. The van der Waals surface area contributed by atoms with Gasteiger partial charge in [0.05, 0.1) is 6.20 Å². The maximum Gasteiger partial charge on any atom is 0.248 e. The van der Waals surface area contributed by atoms with Crippen LogP contribution in [-0.4, -0.2) is 10.9 Å². The average Bonchev–Trinajstić information content (AvgIpc) is 3.26. The van der Waals surface area contributed by atoms with E-state index >= 15 is 0 Å². The zero-order valence-corrected chi connectivity index (χ0v) is 12.5. The summed E-state index contributed by atoms with van der Waals surface area (Å²) in [5, 5.41) is 2.81. The Morgan fingerprint density at radius 3 is 2.73 bits per heavy atom. The van der Waals surface area contributed by atoms with Gasteiger partial charge in [-0.25, -0.2) is 4.98 Å². The molecule has 0 radical (unpaired) electrons. The highest BCUT2D eigenvalue weighted by Crippen LogP contribution is 2.40. The van der Waals surface area contributed by atoms with Crippen molar-refractivity contribution >= 4 is 11.6 Å². The van der Waals surface area contributed by atoms with Gasteiger partial charge in [0.2, 0.25) is 5.91 Å². The fraction of sp³-hybridized carbons (Fsp3) is 0.222. The van der Waals surface area contributed by atoms with E-state index in [0.717, 1.165) is 22.9 Å². The van der Waals surface area contributed by atoms with Gasteiger partial charge in [0, 0.05) is 23.2 Å². The Labute approximate surface area is 129 Å². The lowest BCUT2D eigenvalue weighted by Crippen LogP contribution is -2.07. The van der Waals surface area contributed by atoms with E-state index in [-0.39, 0.29) is 5.91 Å². The largest absolute Gasteiger partial charge is 0.440 e. The lowest BCUT2D eigenvalue weighted by molar-refractivity contribution is -0.111. The zero-order valence-electron chi connectivity index (χ0n) is 12.5. The first-order valence-corrected chi connectivity index (χ1v) is 7.43. The molecule has 2 aromatic rings. The van der Waals surface area contributed by atoms with E-state index < -0.39 is 0 Å². The van der Waals surface area contributed by atoms with Gasteiger partial charge in [-0.05, 0) is 44.0 Å². The fourth-order valence-electron chi connectivity index (χ4n) is 2.10. The Morgan fingerprint density at radius 2 is 2.05 bits per heavy atom. The molecule has 4 nitrogen and oxygen atoms in total. The number of oxazole rings is 1. The van der Waals surface area contributed by atoms with Gasteiger partial charge in [-0.3, -0.25) is 4.79 Å². The number of allylic oxidation sites excluding steroid dienone is 3. The summed E-state index contributed by atoms with van der Waals surface area (Å²) >= 11 is 0. The highest BCUT2D eigenvalue weighted by molar-refractivity contribution is 5.99. The molecule has 1 heterocycles. The Hall–Kier alpha value is -2.62. The highest BCUT2D eigenvalue weighted by Gasteiger charge is 2.28. The molecule has 0 atom stereocenters. The van der Waals surface area contributed by atoms with E-state index in [2.05, 4.69) is 10.3 Å². The monoisotopic (exact) mass is 294 g/mol. The molecule has 4 heteroatoms. The molecule has 1 aliphatic carbocycles. The Bertz CT molecular complexity index is 707. The number of benzene rings is 1. The van der Waals surface area contributed by atoms with Crippen LogP contribution in [0, 0.1) is 0 Å². The highest BCUT2D eigenvalue weighted by atomic mass is 16.4. The maximum atomic E-state index is 11.7. The molecule has 0 saturated heterocycles. The average molecular weight is 294 g/mol. The third-order valence-corrected chi connectivity index (χ3v) is 3.44. The molecule has 1 aromatic heterocycles. The molecule has 1 N–H and O–H groups in total. The fourth-order valence-corrected chi connectivity index (χ4v) is 2.10. The van der Waals surface area contributed by atoms with Gasteiger partial charge in [-0.2, -0.15) is 0 Å². The number of carbonyl (C=O) groups excluding carboxylic acids is 1. The summed E-state index contributed by atoms with van der Waals surface area (Å²) in [4.78, 5) is 16.0. The number of hydrogen-bond donors (Lipinski definition) is 1. The summed E-state index contributed by atoms with van der Waals surface area (Å²) in [5.74, 6) is 1.96. The second-order valence-corrected chi connectivity index (χ2v) is 5.29. The Morgan fingerprint density at radius 1 is 1.27 bits per heavy atom. The normalized spacial score (nSPS) is 14.8. The predicted octanol–water partition coefficient (Wildman–Crippen LogP) is 4.29. The molecular weight excluding hydrogens is 276 g/mol. The molecule has 1 fully saturated rings. The molecule has 1 aromatic carbocycles. The van der Waals surface area contributed by atoms with Crippen LogP contribution in [0.15, 0.2) is 59.2 Å². The Kier molecular flexibility index (Phi) is 4.19. The van der Waals surface area contributed by atoms with Gasteiger partial charge in [0.15, 0.2) is 11.7 Å². The second kappa shape index (κ2) is 6.43. The van der Waals surface area contributed by atoms with Crippen LogP contribution in [0.4, 0.5) is 5.69 Å². The number of carbonyl (C=O) groups is 1. The van der Waals surface area contributed by atoms with Crippen molar-refractivity contribution in [2.75, 3.05) is 5.32 Å². The number of hydrogen-bond acceptors (Lipinski definition) is 3. The second-order valence-electron chi connectivity index (χ2n) is 5.29. The van der Waals surface area contributed by atoms with E-state index in [1.807, 2.05) is 43.3 Å².